The predicted octanol–water partition coefficient (Wildman–Crippen LogP) is 14.8. The van der Waals surface area contributed by atoms with Crippen LogP contribution in [0.5, 0.6) is 0 Å². The highest BCUT2D eigenvalue weighted by Crippen LogP contribution is 2.56. The molecule has 2 aliphatic rings. The van der Waals surface area contributed by atoms with Crippen LogP contribution in [0.2, 0.25) is 0 Å². The van der Waals surface area contributed by atoms with Gasteiger partial charge in [-0.2, -0.15) is 0 Å². The van der Waals surface area contributed by atoms with Gasteiger partial charge in [-0.05, 0) is 141 Å². The second-order valence-electron chi connectivity index (χ2n) is 16.5. The molecule has 0 aliphatic heterocycles. The first-order valence-corrected chi connectivity index (χ1v) is 19.3. The molecule has 0 atom stereocenters. The van der Waals surface area contributed by atoms with Crippen molar-refractivity contribution in [3.05, 3.63) is 192 Å². The third-order valence-corrected chi connectivity index (χ3v) is 12.9. The zero-order chi connectivity index (χ0) is 36.3. The third-order valence-electron chi connectivity index (χ3n) is 12.9. The molecule has 0 nitrogen and oxygen atoms in total. The van der Waals surface area contributed by atoms with E-state index in [0.717, 1.165) is 0 Å². The van der Waals surface area contributed by atoms with E-state index in [2.05, 4.69) is 198 Å². The van der Waals surface area contributed by atoms with Crippen LogP contribution < -0.4 is 0 Å². The Kier molecular flexibility index (Phi) is 6.46. The van der Waals surface area contributed by atoms with Crippen LogP contribution in [0.1, 0.15) is 49.9 Å². The third kappa shape index (κ3) is 4.32. The van der Waals surface area contributed by atoms with Gasteiger partial charge >= 0.3 is 0 Å². The van der Waals surface area contributed by atoms with Crippen molar-refractivity contribution in [3.8, 4) is 55.6 Å². The lowest BCUT2D eigenvalue weighted by Crippen LogP contribution is -2.17. The Bertz CT molecular complexity index is 3030. The van der Waals surface area contributed by atoms with Gasteiger partial charge in [0.2, 0.25) is 0 Å². The second kappa shape index (κ2) is 11.1. The molecule has 0 saturated carbocycles. The standard InChI is InChI=1S/C54H40/c1-53(2)48-21-13-12-20-41(48)46-31-51-47(32-50(46)53)42-26-23-36(30-49(42)54(51,3)4)39-25-24-37(29-44(39)33-14-6-5-7-15-33)52-40-19-11-9-17-35(40)28-45-38-18-10-8-16-34(38)22-27-43(45)52/h5-32H,1-4H3. The number of hydrogen-bond donors (Lipinski definition) is 0. The highest BCUT2D eigenvalue weighted by Gasteiger charge is 2.41. The fourth-order valence-corrected chi connectivity index (χ4v) is 10.0. The maximum atomic E-state index is 2.51. The van der Waals surface area contributed by atoms with E-state index in [1.165, 1.54) is 110 Å². The fourth-order valence-electron chi connectivity index (χ4n) is 10.0. The largest absolute Gasteiger partial charge is 0.0622 e. The minimum Gasteiger partial charge on any atom is -0.0622 e. The van der Waals surface area contributed by atoms with Crippen molar-refractivity contribution in [1.29, 1.82) is 0 Å². The molecule has 9 aromatic carbocycles. The smallest absolute Gasteiger partial charge is 0.0159 e. The van der Waals surface area contributed by atoms with Crippen molar-refractivity contribution in [1.82, 2.24) is 0 Å². The maximum Gasteiger partial charge on any atom is 0.0159 e. The zero-order valence-corrected chi connectivity index (χ0v) is 31.2. The van der Waals surface area contributed by atoms with E-state index in [-0.39, 0.29) is 10.8 Å². The van der Waals surface area contributed by atoms with Gasteiger partial charge in [0.25, 0.3) is 0 Å². The molecule has 11 rings (SSSR count). The number of rotatable bonds is 3. The van der Waals surface area contributed by atoms with Crippen molar-refractivity contribution in [2.75, 3.05) is 0 Å². The summed E-state index contributed by atoms with van der Waals surface area (Å²) in [6.07, 6.45) is 0. The first kappa shape index (κ1) is 31.3. The first-order valence-electron chi connectivity index (χ1n) is 19.3. The molecule has 2 aliphatic carbocycles. The normalized spacial score (nSPS) is 14.6. The Morgan fingerprint density at radius 1 is 0.278 bits per heavy atom. The molecule has 0 bridgehead atoms. The van der Waals surface area contributed by atoms with Crippen molar-refractivity contribution >= 4 is 32.3 Å². The monoisotopic (exact) mass is 688 g/mol. The Morgan fingerprint density at radius 2 is 0.870 bits per heavy atom. The number of benzene rings is 9. The summed E-state index contributed by atoms with van der Waals surface area (Å²) < 4.78 is 0. The van der Waals surface area contributed by atoms with Crippen LogP contribution in [0, 0.1) is 0 Å². The lowest BCUT2D eigenvalue weighted by molar-refractivity contribution is 0.652. The van der Waals surface area contributed by atoms with E-state index in [9.17, 15) is 0 Å². The molecule has 0 spiro atoms. The summed E-state index contributed by atoms with van der Waals surface area (Å²) in [5.74, 6) is 0. The summed E-state index contributed by atoms with van der Waals surface area (Å²) in [4.78, 5) is 0. The summed E-state index contributed by atoms with van der Waals surface area (Å²) in [5, 5.41) is 7.69. The lowest BCUT2D eigenvalue weighted by atomic mass is 9.79. The Balaban J connectivity index is 1.10. The second-order valence-corrected chi connectivity index (χ2v) is 16.5. The van der Waals surface area contributed by atoms with Crippen LogP contribution in [0.15, 0.2) is 170 Å². The Morgan fingerprint density at radius 3 is 1.67 bits per heavy atom. The van der Waals surface area contributed by atoms with Crippen molar-refractivity contribution in [2.45, 2.75) is 38.5 Å². The summed E-state index contributed by atoms with van der Waals surface area (Å²) in [6.45, 7) is 9.59. The molecule has 0 aromatic heterocycles. The first-order chi connectivity index (χ1) is 26.3. The SMILES string of the molecule is CC1(C)c2ccccc2-c2cc3c(cc21)-c1ccc(-c2ccc(-c4c5ccccc5cc5c4ccc4ccccc45)cc2-c2ccccc2)cc1C3(C)C. The van der Waals surface area contributed by atoms with Gasteiger partial charge in [-0.15, -0.1) is 0 Å². The van der Waals surface area contributed by atoms with Gasteiger partial charge in [0, 0.05) is 10.8 Å². The van der Waals surface area contributed by atoms with Crippen LogP contribution in [0.25, 0.3) is 88.0 Å². The Labute approximate surface area is 317 Å². The van der Waals surface area contributed by atoms with Gasteiger partial charge in [-0.3, -0.25) is 0 Å². The molecule has 0 unspecified atom stereocenters. The minimum absolute atomic E-state index is 0.0252. The summed E-state index contributed by atoms with van der Waals surface area (Å²) in [5.41, 5.74) is 18.6. The van der Waals surface area contributed by atoms with Gasteiger partial charge < -0.3 is 0 Å². The molecule has 9 aromatic rings. The summed E-state index contributed by atoms with van der Waals surface area (Å²) in [6, 6.07) is 64.0. The van der Waals surface area contributed by atoms with Gasteiger partial charge in [-0.1, -0.05) is 167 Å². The van der Waals surface area contributed by atoms with Crippen LogP contribution in [-0.4, -0.2) is 0 Å². The molecular weight excluding hydrogens is 649 g/mol. The van der Waals surface area contributed by atoms with E-state index < -0.39 is 0 Å². The molecule has 0 heterocycles. The number of hydrogen-bond acceptors (Lipinski definition) is 0. The van der Waals surface area contributed by atoms with Gasteiger partial charge in [0.05, 0.1) is 0 Å². The topological polar surface area (TPSA) is 0 Å². The zero-order valence-electron chi connectivity index (χ0n) is 31.2. The number of fused-ring (bicyclic) bond motifs is 10. The van der Waals surface area contributed by atoms with Crippen LogP contribution in [0.4, 0.5) is 0 Å². The van der Waals surface area contributed by atoms with Crippen LogP contribution in [0.3, 0.4) is 0 Å². The average molecular weight is 689 g/mol. The highest BCUT2D eigenvalue weighted by atomic mass is 14.4. The van der Waals surface area contributed by atoms with E-state index in [0.29, 0.717) is 0 Å². The predicted molar refractivity (Wildman–Crippen MR) is 230 cm³/mol. The maximum absolute atomic E-state index is 2.51. The molecule has 0 fully saturated rings. The Hall–Kier alpha value is -6.24. The fraction of sp³-hybridized carbons (Fsp3) is 0.111. The molecular formula is C54H40. The summed E-state index contributed by atoms with van der Waals surface area (Å²) in [7, 11) is 0. The molecule has 0 N–H and O–H groups in total. The van der Waals surface area contributed by atoms with Crippen LogP contribution in [-0.2, 0) is 10.8 Å². The molecule has 0 amide bonds. The van der Waals surface area contributed by atoms with Crippen molar-refractivity contribution < 1.29 is 0 Å². The van der Waals surface area contributed by atoms with Crippen LogP contribution >= 0.6 is 0 Å². The van der Waals surface area contributed by atoms with E-state index >= 15 is 0 Å². The van der Waals surface area contributed by atoms with Gasteiger partial charge in [-0.25, -0.2) is 0 Å². The molecule has 256 valence electrons. The molecule has 0 heteroatoms. The highest BCUT2D eigenvalue weighted by molar-refractivity contribution is 6.20. The van der Waals surface area contributed by atoms with E-state index in [1.807, 2.05) is 0 Å². The lowest BCUT2D eigenvalue weighted by Gasteiger charge is -2.24. The molecule has 54 heavy (non-hydrogen) atoms. The summed E-state index contributed by atoms with van der Waals surface area (Å²) >= 11 is 0. The van der Waals surface area contributed by atoms with E-state index in [4.69, 9.17) is 0 Å². The van der Waals surface area contributed by atoms with Crippen molar-refractivity contribution in [2.24, 2.45) is 0 Å². The minimum atomic E-state index is -0.130. The average Bonchev–Trinajstić information content (AvgIpc) is 3.58. The molecule has 0 radical (unpaired) electrons. The van der Waals surface area contributed by atoms with Gasteiger partial charge in [0.15, 0.2) is 0 Å². The van der Waals surface area contributed by atoms with E-state index in [1.54, 1.807) is 0 Å². The molecule has 0 saturated heterocycles. The van der Waals surface area contributed by atoms with Gasteiger partial charge in [0.1, 0.15) is 0 Å². The quantitative estimate of drug-likeness (QED) is 0.128. The van der Waals surface area contributed by atoms with Crippen molar-refractivity contribution in [3.63, 3.8) is 0 Å².